The van der Waals surface area contributed by atoms with Crippen LogP contribution in [0, 0.1) is 5.82 Å². The molecule has 19 heavy (non-hydrogen) atoms. The van der Waals surface area contributed by atoms with Gasteiger partial charge in [0.2, 0.25) is 0 Å². The highest BCUT2D eigenvalue weighted by molar-refractivity contribution is 9.10. The summed E-state index contributed by atoms with van der Waals surface area (Å²) >= 11 is 3.32. The second-order valence-electron chi connectivity index (χ2n) is 4.04. The van der Waals surface area contributed by atoms with Gasteiger partial charge in [-0.2, -0.15) is 0 Å². The van der Waals surface area contributed by atoms with Crippen molar-refractivity contribution in [2.75, 3.05) is 0 Å². The SMILES string of the molecule is NCc1cccc(CS(=O)c2ccc(Br)cc2)c1F. The highest BCUT2D eigenvalue weighted by Gasteiger charge is 2.11. The van der Waals surface area contributed by atoms with Crippen LogP contribution in [0.5, 0.6) is 0 Å². The van der Waals surface area contributed by atoms with Gasteiger partial charge < -0.3 is 5.73 Å². The lowest BCUT2D eigenvalue weighted by molar-refractivity contribution is 0.598. The molecule has 2 rings (SSSR count). The van der Waals surface area contributed by atoms with Crippen molar-refractivity contribution in [2.45, 2.75) is 17.2 Å². The van der Waals surface area contributed by atoms with Gasteiger partial charge in [0.1, 0.15) is 5.82 Å². The Labute approximate surface area is 122 Å². The minimum Gasteiger partial charge on any atom is -0.326 e. The van der Waals surface area contributed by atoms with Crippen molar-refractivity contribution in [3.05, 3.63) is 63.9 Å². The molecule has 2 aromatic carbocycles. The highest BCUT2D eigenvalue weighted by atomic mass is 79.9. The van der Waals surface area contributed by atoms with Crippen LogP contribution in [0.3, 0.4) is 0 Å². The number of nitrogens with two attached hydrogens (primary N) is 1. The molecule has 0 aliphatic carbocycles. The molecule has 0 fully saturated rings. The first-order chi connectivity index (χ1) is 9.11. The molecule has 1 atom stereocenters. The van der Waals surface area contributed by atoms with Crippen LogP contribution < -0.4 is 5.73 Å². The third-order valence-electron chi connectivity index (χ3n) is 2.74. The van der Waals surface area contributed by atoms with E-state index in [-0.39, 0.29) is 18.1 Å². The summed E-state index contributed by atoms with van der Waals surface area (Å²) < 4.78 is 27.1. The maximum absolute atomic E-state index is 14.0. The van der Waals surface area contributed by atoms with Gasteiger partial charge in [-0.3, -0.25) is 4.21 Å². The standard InChI is InChI=1S/C14H13BrFNOS/c15-12-4-6-13(7-5-12)19(18)9-11-3-1-2-10(8-17)14(11)16/h1-7H,8-9,17H2. The van der Waals surface area contributed by atoms with Gasteiger partial charge in [-0.1, -0.05) is 34.1 Å². The number of benzene rings is 2. The molecular formula is C14H13BrFNOS. The Kier molecular flexibility index (Phi) is 4.85. The van der Waals surface area contributed by atoms with Gasteiger partial charge in [-0.25, -0.2) is 4.39 Å². The molecule has 0 spiro atoms. The number of hydrogen-bond donors (Lipinski definition) is 1. The van der Waals surface area contributed by atoms with E-state index in [4.69, 9.17) is 5.73 Å². The van der Waals surface area contributed by atoms with E-state index < -0.39 is 10.8 Å². The Hall–Kier alpha value is -1.04. The van der Waals surface area contributed by atoms with Crippen molar-refractivity contribution in [3.63, 3.8) is 0 Å². The van der Waals surface area contributed by atoms with Crippen LogP contribution in [-0.4, -0.2) is 4.21 Å². The number of hydrogen-bond acceptors (Lipinski definition) is 2. The molecule has 0 aromatic heterocycles. The topological polar surface area (TPSA) is 43.1 Å². The van der Waals surface area contributed by atoms with Gasteiger partial charge in [-0.05, 0) is 24.3 Å². The van der Waals surface area contributed by atoms with Crippen LogP contribution in [0.4, 0.5) is 4.39 Å². The largest absolute Gasteiger partial charge is 0.326 e. The summed E-state index contributed by atoms with van der Waals surface area (Å²) in [5, 5.41) is 0. The first-order valence-corrected chi connectivity index (χ1v) is 7.83. The molecule has 0 amide bonds. The smallest absolute Gasteiger partial charge is 0.131 e. The summed E-state index contributed by atoms with van der Waals surface area (Å²) in [4.78, 5) is 0.681. The van der Waals surface area contributed by atoms with Crippen LogP contribution in [-0.2, 0) is 23.1 Å². The van der Waals surface area contributed by atoms with E-state index in [2.05, 4.69) is 15.9 Å². The molecule has 0 aliphatic heterocycles. The average Bonchev–Trinajstić information content (AvgIpc) is 2.42. The quantitative estimate of drug-likeness (QED) is 0.926. The van der Waals surface area contributed by atoms with Gasteiger partial charge in [0, 0.05) is 27.0 Å². The van der Waals surface area contributed by atoms with Crippen LogP contribution in [0.25, 0.3) is 0 Å². The summed E-state index contributed by atoms with van der Waals surface area (Å²) in [6.45, 7) is 0.143. The van der Waals surface area contributed by atoms with E-state index in [1.807, 2.05) is 12.1 Å². The van der Waals surface area contributed by atoms with Crippen molar-refractivity contribution in [1.29, 1.82) is 0 Å². The Balaban J connectivity index is 2.21. The molecule has 0 heterocycles. The summed E-state index contributed by atoms with van der Waals surface area (Å²) in [6, 6.07) is 12.2. The fourth-order valence-corrected chi connectivity index (χ4v) is 3.09. The molecule has 100 valence electrons. The molecule has 0 aliphatic rings. The van der Waals surface area contributed by atoms with Crippen molar-refractivity contribution in [3.8, 4) is 0 Å². The van der Waals surface area contributed by atoms with E-state index in [0.717, 1.165) is 4.47 Å². The minimum atomic E-state index is -1.26. The van der Waals surface area contributed by atoms with E-state index in [1.54, 1.807) is 30.3 Å². The second kappa shape index (κ2) is 6.41. The van der Waals surface area contributed by atoms with Gasteiger partial charge >= 0.3 is 0 Å². The zero-order chi connectivity index (χ0) is 13.8. The Morgan fingerprint density at radius 1 is 1.11 bits per heavy atom. The summed E-state index contributed by atoms with van der Waals surface area (Å²) in [6.07, 6.45) is 0. The summed E-state index contributed by atoms with van der Waals surface area (Å²) in [5.41, 5.74) is 6.34. The van der Waals surface area contributed by atoms with E-state index in [0.29, 0.717) is 16.0 Å². The van der Waals surface area contributed by atoms with E-state index in [9.17, 15) is 8.60 Å². The van der Waals surface area contributed by atoms with Crippen LogP contribution in [0.15, 0.2) is 51.8 Å². The molecule has 1 unspecified atom stereocenters. The second-order valence-corrected chi connectivity index (χ2v) is 6.40. The predicted molar refractivity (Wildman–Crippen MR) is 78.5 cm³/mol. The maximum atomic E-state index is 14.0. The van der Waals surface area contributed by atoms with Gasteiger partial charge in [0.05, 0.1) is 16.6 Å². The molecule has 0 saturated heterocycles. The molecule has 0 radical (unpaired) electrons. The van der Waals surface area contributed by atoms with Crippen LogP contribution >= 0.6 is 15.9 Å². The Morgan fingerprint density at radius 3 is 2.37 bits per heavy atom. The number of halogens is 2. The zero-order valence-corrected chi connectivity index (χ0v) is 12.5. The summed E-state index contributed by atoms with van der Waals surface area (Å²) in [5.74, 6) is -0.197. The minimum absolute atomic E-state index is 0.143. The lowest BCUT2D eigenvalue weighted by Crippen LogP contribution is -2.05. The van der Waals surface area contributed by atoms with E-state index in [1.165, 1.54) is 0 Å². The van der Waals surface area contributed by atoms with Gasteiger partial charge in [0.25, 0.3) is 0 Å². The normalized spacial score (nSPS) is 12.4. The average molecular weight is 342 g/mol. The molecule has 2 N–H and O–H groups in total. The number of rotatable bonds is 4. The third-order valence-corrected chi connectivity index (χ3v) is 4.64. The lowest BCUT2D eigenvalue weighted by Gasteiger charge is -2.07. The Morgan fingerprint density at radius 2 is 1.74 bits per heavy atom. The van der Waals surface area contributed by atoms with Crippen LogP contribution in [0.2, 0.25) is 0 Å². The lowest BCUT2D eigenvalue weighted by atomic mass is 10.1. The zero-order valence-electron chi connectivity index (χ0n) is 10.1. The van der Waals surface area contributed by atoms with E-state index >= 15 is 0 Å². The molecule has 5 heteroatoms. The first kappa shape index (κ1) is 14.4. The molecule has 2 aromatic rings. The third kappa shape index (κ3) is 3.49. The highest BCUT2D eigenvalue weighted by Crippen LogP contribution is 2.19. The van der Waals surface area contributed by atoms with Crippen molar-refractivity contribution in [2.24, 2.45) is 5.73 Å². The van der Waals surface area contributed by atoms with Gasteiger partial charge in [0.15, 0.2) is 0 Å². The maximum Gasteiger partial charge on any atom is 0.131 e. The first-order valence-electron chi connectivity index (χ1n) is 5.72. The fraction of sp³-hybridized carbons (Fsp3) is 0.143. The summed E-state index contributed by atoms with van der Waals surface area (Å²) in [7, 11) is -1.26. The monoisotopic (exact) mass is 341 g/mol. The van der Waals surface area contributed by atoms with Crippen molar-refractivity contribution < 1.29 is 8.60 Å². The molecule has 2 nitrogen and oxygen atoms in total. The predicted octanol–water partition coefficient (Wildman–Crippen LogP) is 3.35. The Bertz CT molecular complexity index is 601. The molecule has 0 saturated carbocycles. The molecule has 0 bridgehead atoms. The van der Waals surface area contributed by atoms with Crippen LogP contribution in [0.1, 0.15) is 11.1 Å². The van der Waals surface area contributed by atoms with Crippen molar-refractivity contribution in [1.82, 2.24) is 0 Å². The van der Waals surface area contributed by atoms with Gasteiger partial charge in [-0.15, -0.1) is 0 Å². The fourth-order valence-electron chi connectivity index (χ4n) is 1.71. The van der Waals surface area contributed by atoms with Crippen molar-refractivity contribution >= 4 is 26.7 Å². The molecular weight excluding hydrogens is 329 g/mol.